The van der Waals surface area contributed by atoms with Crippen LogP contribution in [-0.4, -0.2) is 38.4 Å². The molecule has 0 bridgehead atoms. The van der Waals surface area contributed by atoms with E-state index in [1.165, 1.54) is 0 Å². The van der Waals surface area contributed by atoms with Crippen LogP contribution in [0.2, 0.25) is 0 Å². The van der Waals surface area contributed by atoms with E-state index in [1.807, 2.05) is 13.0 Å². The predicted molar refractivity (Wildman–Crippen MR) is 121 cm³/mol. The van der Waals surface area contributed by atoms with Crippen LogP contribution in [-0.2, 0) is 13.0 Å². The summed E-state index contributed by atoms with van der Waals surface area (Å²) in [6.45, 7) is 2.65. The van der Waals surface area contributed by atoms with Crippen LogP contribution in [0.4, 0.5) is 14.5 Å². The first-order valence-corrected chi connectivity index (χ1v) is 11.1. The number of anilines is 1. The molecule has 1 aliphatic rings. The first-order chi connectivity index (χ1) is 15.9. The van der Waals surface area contributed by atoms with Crippen molar-refractivity contribution in [2.24, 2.45) is 0 Å². The number of rotatable bonds is 7. The van der Waals surface area contributed by atoms with Gasteiger partial charge in [-0.1, -0.05) is 31.5 Å². The first-order valence-electron chi connectivity index (χ1n) is 11.1. The van der Waals surface area contributed by atoms with E-state index >= 15 is 0 Å². The van der Waals surface area contributed by atoms with Gasteiger partial charge in [-0.2, -0.15) is 0 Å². The van der Waals surface area contributed by atoms with Crippen molar-refractivity contribution in [3.8, 4) is 22.8 Å². The van der Waals surface area contributed by atoms with E-state index in [2.05, 4.69) is 9.97 Å². The standard InChI is InChI=1S/C25H27F2N3O3/c1-2-3-7-20-21(16-6-4-5-15(10-16)14-31)24(32)23(25(33)29-20)30-9-8-17(13-30)22-19(27)11-18(26)12-28-22/h4-6,10-12,17,31H,2-3,7-9,13-14H2,1H3,(H2,29,32,33). The van der Waals surface area contributed by atoms with E-state index in [-0.39, 0.29) is 35.5 Å². The molecule has 3 aromatic rings. The Morgan fingerprint density at radius 1 is 1.18 bits per heavy atom. The molecule has 33 heavy (non-hydrogen) atoms. The summed E-state index contributed by atoms with van der Waals surface area (Å²) in [6, 6.07) is 8.02. The largest absolute Gasteiger partial charge is 0.505 e. The van der Waals surface area contributed by atoms with Crippen LogP contribution in [0.3, 0.4) is 0 Å². The van der Waals surface area contributed by atoms with Crippen LogP contribution in [0, 0.1) is 11.6 Å². The van der Waals surface area contributed by atoms with Gasteiger partial charge in [-0.25, -0.2) is 13.8 Å². The molecule has 1 unspecified atom stereocenters. The van der Waals surface area contributed by atoms with Gasteiger partial charge in [-0.3, -0.25) is 4.98 Å². The molecular weight excluding hydrogens is 428 g/mol. The number of unbranched alkanes of at least 4 members (excludes halogenated alkanes) is 1. The number of aromatic hydroxyl groups is 2. The Bertz CT molecular complexity index is 1160. The molecular formula is C25H27F2N3O3. The summed E-state index contributed by atoms with van der Waals surface area (Å²) in [5.41, 5.74) is 2.84. The van der Waals surface area contributed by atoms with Crippen molar-refractivity contribution < 1.29 is 24.1 Å². The molecule has 6 nitrogen and oxygen atoms in total. The lowest BCUT2D eigenvalue weighted by atomic mass is 9.97. The van der Waals surface area contributed by atoms with Gasteiger partial charge in [0.1, 0.15) is 17.3 Å². The second kappa shape index (κ2) is 9.70. The minimum atomic E-state index is -0.733. The summed E-state index contributed by atoms with van der Waals surface area (Å²) < 4.78 is 27.5. The lowest BCUT2D eigenvalue weighted by molar-refractivity contribution is 0.282. The lowest BCUT2D eigenvalue weighted by Crippen LogP contribution is -2.21. The molecule has 0 spiro atoms. The molecule has 0 aliphatic carbocycles. The topological polar surface area (TPSA) is 89.7 Å². The van der Waals surface area contributed by atoms with Crippen molar-refractivity contribution in [2.45, 2.75) is 45.1 Å². The molecule has 1 aromatic carbocycles. The van der Waals surface area contributed by atoms with Crippen LogP contribution in [0.5, 0.6) is 11.6 Å². The van der Waals surface area contributed by atoms with Crippen LogP contribution in [0.15, 0.2) is 36.5 Å². The maximum absolute atomic E-state index is 14.3. The number of hydrogen-bond acceptors (Lipinski definition) is 6. The van der Waals surface area contributed by atoms with Crippen molar-refractivity contribution in [1.29, 1.82) is 0 Å². The van der Waals surface area contributed by atoms with Crippen molar-refractivity contribution in [3.63, 3.8) is 0 Å². The Hall–Kier alpha value is -3.26. The van der Waals surface area contributed by atoms with Gasteiger partial charge in [0.05, 0.1) is 24.2 Å². The van der Waals surface area contributed by atoms with Gasteiger partial charge in [0.15, 0.2) is 5.75 Å². The first kappa shape index (κ1) is 22.9. The zero-order valence-electron chi connectivity index (χ0n) is 18.4. The Labute approximate surface area is 191 Å². The fourth-order valence-corrected chi connectivity index (χ4v) is 4.45. The molecule has 3 heterocycles. The number of pyridine rings is 2. The maximum atomic E-state index is 14.3. The summed E-state index contributed by atoms with van der Waals surface area (Å²) in [7, 11) is 0. The highest BCUT2D eigenvalue weighted by atomic mass is 19.1. The fourth-order valence-electron chi connectivity index (χ4n) is 4.45. The van der Waals surface area contributed by atoms with Gasteiger partial charge in [0, 0.05) is 30.6 Å². The fraction of sp³-hybridized carbons (Fsp3) is 0.360. The highest BCUT2D eigenvalue weighted by Gasteiger charge is 2.32. The number of aliphatic hydroxyl groups excluding tert-OH is 1. The van der Waals surface area contributed by atoms with E-state index in [9.17, 15) is 24.1 Å². The SMILES string of the molecule is CCCCc1nc(O)c(N2CCC(c3ncc(F)cc3F)C2)c(O)c1-c1cccc(CO)c1. The van der Waals surface area contributed by atoms with Gasteiger partial charge >= 0.3 is 0 Å². The molecule has 174 valence electrons. The average molecular weight is 456 g/mol. The normalized spacial score (nSPS) is 15.9. The number of hydrogen-bond donors (Lipinski definition) is 3. The van der Waals surface area contributed by atoms with E-state index in [1.54, 1.807) is 23.1 Å². The maximum Gasteiger partial charge on any atom is 0.239 e. The van der Waals surface area contributed by atoms with Crippen LogP contribution >= 0.6 is 0 Å². The van der Waals surface area contributed by atoms with Gasteiger partial charge in [0.25, 0.3) is 0 Å². The number of aromatic nitrogens is 2. The van der Waals surface area contributed by atoms with Crippen molar-refractivity contribution in [1.82, 2.24) is 9.97 Å². The molecule has 1 fully saturated rings. The minimum absolute atomic E-state index is 0.100. The summed E-state index contributed by atoms with van der Waals surface area (Å²) in [4.78, 5) is 10.1. The number of benzene rings is 1. The zero-order valence-corrected chi connectivity index (χ0v) is 18.4. The summed E-state index contributed by atoms with van der Waals surface area (Å²) in [6.07, 6.45) is 3.85. The van der Waals surface area contributed by atoms with Gasteiger partial charge in [0.2, 0.25) is 5.88 Å². The van der Waals surface area contributed by atoms with Crippen LogP contribution in [0.25, 0.3) is 11.1 Å². The van der Waals surface area contributed by atoms with Crippen molar-refractivity contribution in [3.05, 3.63) is 65.1 Å². The molecule has 1 aliphatic heterocycles. The van der Waals surface area contributed by atoms with E-state index in [0.717, 1.165) is 25.1 Å². The number of aryl methyl sites for hydroxylation is 1. The van der Waals surface area contributed by atoms with Gasteiger partial charge < -0.3 is 20.2 Å². The summed E-state index contributed by atoms with van der Waals surface area (Å²) in [5.74, 6) is -2.14. The quantitative estimate of drug-likeness (QED) is 0.480. The molecule has 2 aromatic heterocycles. The monoisotopic (exact) mass is 455 g/mol. The number of aliphatic hydroxyl groups is 1. The van der Waals surface area contributed by atoms with Gasteiger partial charge in [-0.15, -0.1) is 0 Å². The number of halogens is 2. The average Bonchev–Trinajstić information content (AvgIpc) is 3.26. The Morgan fingerprint density at radius 3 is 2.73 bits per heavy atom. The minimum Gasteiger partial charge on any atom is -0.505 e. The van der Waals surface area contributed by atoms with Gasteiger partial charge in [-0.05, 0) is 36.5 Å². The van der Waals surface area contributed by atoms with E-state index in [0.29, 0.717) is 48.3 Å². The Kier molecular flexibility index (Phi) is 6.74. The number of nitrogens with zero attached hydrogens (tertiary/aromatic N) is 3. The second-order valence-electron chi connectivity index (χ2n) is 8.37. The molecule has 1 saturated heterocycles. The van der Waals surface area contributed by atoms with Crippen molar-refractivity contribution >= 4 is 5.69 Å². The van der Waals surface area contributed by atoms with Crippen LogP contribution in [0.1, 0.15) is 49.1 Å². The third-order valence-electron chi connectivity index (χ3n) is 6.10. The molecule has 0 radical (unpaired) electrons. The van der Waals surface area contributed by atoms with Crippen molar-refractivity contribution in [2.75, 3.05) is 18.0 Å². The molecule has 0 amide bonds. The second-order valence-corrected chi connectivity index (χ2v) is 8.37. The third kappa shape index (κ3) is 4.61. The molecule has 8 heteroatoms. The Morgan fingerprint density at radius 2 is 2.00 bits per heavy atom. The molecule has 0 saturated carbocycles. The molecule has 3 N–H and O–H groups in total. The summed E-state index contributed by atoms with van der Waals surface area (Å²) in [5, 5.41) is 31.6. The molecule has 4 rings (SSSR count). The molecule has 1 atom stereocenters. The van der Waals surface area contributed by atoms with E-state index in [4.69, 9.17) is 0 Å². The predicted octanol–water partition coefficient (Wildman–Crippen LogP) is 4.66. The van der Waals surface area contributed by atoms with Crippen LogP contribution < -0.4 is 4.90 Å². The zero-order chi connectivity index (χ0) is 23.5. The summed E-state index contributed by atoms with van der Waals surface area (Å²) >= 11 is 0. The van der Waals surface area contributed by atoms with E-state index < -0.39 is 11.6 Å². The third-order valence-corrected chi connectivity index (χ3v) is 6.10. The lowest BCUT2D eigenvalue weighted by Gasteiger charge is -2.24. The smallest absolute Gasteiger partial charge is 0.239 e. The highest BCUT2D eigenvalue weighted by molar-refractivity contribution is 5.82. The highest BCUT2D eigenvalue weighted by Crippen LogP contribution is 2.47. The Balaban J connectivity index is 1.74.